The first-order chi connectivity index (χ1) is 12.2. The molecule has 2 N–H and O–H groups in total. The van der Waals surface area contributed by atoms with Crippen LogP contribution in [-0.2, 0) is 0 Å². The highest BCUT2D eigenvalue weighted by Gasteiger charge is 2.23. The highest BCUT2D eigenvalue weighted by Crippen LogP contribution is 2.22. The summed E-state index contributed by atoms with van der Waals surface area (Å²) in [5, 5.41) is 5.82. The second-order valence-electron chi connectivity index (χ2n) is 6.06. The maximum Gasteiger partial charge on any atom is 0.319 e. The Morgan fingerprint density at radius 2 is 2.24 bits per heavy atom. The maximum absolute atomic E-state index is 12.1. The Morgan fingerprint density at radius 3 is 3.04 bits per heavy atom. The highest BCUT2D eigenvalue weighted by atomic mass is 16.5. The number of amides is 2. The van der Waals surface area contributed by atoms with Gasteiger partial charge in [0.2, 0.25) is 5.88 Å². The molecule has 6 nitrogen and oxygen atoms in total. The first-order valence-corrected chi connectivity index (χ1v) is 8.72. The molecule has 1 aromatic carbocycles. The van der Waals surface area contributed by atoms with Gasteiger partial charge in [0.1, 0.15) is 5.75 Å². The number of nitrogens with one attached hydrogen (secondary N) is 2. The number of likely N-dealkylation sites (tertiary alicyclic amines) is 1. The molecule has 2 heterocycles. The maximum atomic E-state index is 12.1. The molecular formula is C19H24N4O2. The van der Waals surface area contributed by atoms with E-state index < -0.39 is 0 Å². The molecule has 1 aromatic heterocycles. The smallest absolute Gasteiger partial charge is 0.319 e. The minimum absolute atomic E-state index is 0.196. The number of ether oxygens (including phenoxy) is 1. The lowest BCUT2D eigenvalue weighted by Gasteiger charge is -2.22. The summed E-state index contributed by atoms with van der Waals surface area (Å²) in [5.41, 5.74) is 0.685. The third-order valence-electron chi connectivity index (χ3n) is 4.36. The molecule has 132 valence electrons. The number of hydrogen-bond donors (Lipinski definition) is 2. The lowest BCUT2D eigenvalue weighted by molar-refractivity contribution is 0.238. The third kappa shape index (κ3) is 4.93. The molecule has 0 aliphatic carbocycles. The molecule has 1 fully saturated rings. The Kier molecular flexibility index (Phi) is 5.85. The molecule has 2 aromatic rings. The van der Waals surface area contributed by atoms with Crippen LogP contribution < -0.4 is 15.4 Å². The van der Waals surface area contributed by atoms with Crippen molar-refractivity contribution in [1.82, 2.24) is 15.2 Å². The molecule has 1 aliphatic heterocycles. The van der Waals surface area contributed by atoms with Gasteiger partial charge < -0.3 is 15.4 Å². The van der Waals surface area contributed by atoms with E-state index in [4.69, 9.17) is 4.74 Å². The predicted octanol–water partition coefficient (Wildman–Crippen LogP) is 3.48. The standard InChI is InChI=1S/C19H24N4O2/c1-2-23-12-6-8-16(23)14-21-19(24)22-15-7-5-9-17(13-15)25-18-10-3-4-11-20-18/h3-5,7,9-11,13,16H,2,6,8,12,14H2,1H3,(H2,21,22,24). The van der Waals surface area contributed by atoms with Crippen molar-refractivity contribution >= 4 is 11.7 Å². The van der Waals surface area contributed by atoms with E-state index in [0.717, 1.165) is 19.5 Å². The van der Waals surface area contributed by atoms with Crippen LogP contribution in [0.2, 0.25) is 0 Å². The topological polar surface area (TPSA) is 66.5 Å². The summed E-state index contributed by atoms with van der Waals surface area (Å²) in [6.45, 7) is 4.98. The number of carbonyl (C=O) groups excluding carboxylic acids is 1. The molecular weight excluding hydrogens is 316 g/mol. The van der Waals surface area contributed by atoms with Gasteiger partial charge in [-0.3, -0.25) is 4.90 Å². The van der Waals surface area contributed by atoms with Crippen LogP contribution in [0.1, 0.15) is 19.8 Å². The molecule has 0 radical (unpaired) electrons. The molecule has 1 unspecified atom stereocenters. The molecule has 0 spiro atoms. The lowest BCUT2D eigenvalue weighted by atomic mass is 10.2. The lowest BCUT2D eigenvalue weighted by Crippen LogP contribution is -2.41. The molecule has 2 amide bonds. The van der Waals surface area contributed by atoms with Crippen molar-refractivity contribution < 1.29 is 9.53 Å². The average molecular weight is 340 g/mol. The summed E-state index contributed by atoms with van der Waals surface area (Å²) in [5.74, 6) is 1.15. The first-order valence-electron chi connectivity index (χ1n) is 8.72. The van der Waals surface area contributed by atoms with E-state index in [1.807, 2.05) is 30.3 Å². The number of carbonyl (C=O) groups is 1. The van der Waals surface area contributed by atoms with Crippen molar-refractivity contribution in [3.8, 4) is 11.6 Å². The van der Waals surface area contributed by atoms with Crippen LogP contribution in [0.5, 0.6) is 11.6 Å². The largest absolute Gasteiger partial charge is 0.439 e. The zero-order valence-electron chi connectivity index (χ0n) is 14.4. The van der Waals surface area contributed by atoms with Gasteiger partial charge >= 0.3 is 6.03 Å². The van der Waals surface area contributed by atoms with Gasteiger partial charge in [0.15, 0.2) is 0 Å². The fourth-order valence-electron chi connectivity index (χ4n) is 3.09. The van der Waals surface area contributed by atoms with Gasteiger partial charge in [0, 0.05) is 36.6 Å². The fraction of sp³-hybridized carbons (Fsp3) is 0.368. The summed E-state index contributed by atoms with van der Waals surface area (Å²) in [6.07, 6.45) is 4.02. The van der Waals surface area contributed by atoms with Crippen molar-refractivity contribution in [3.05, 3.63) is 48.7 Å². The van der Waals surface area contributed by atoms with Gasteiger partial charge in [-0.25, -0.2) is 9.78 Å². The number of aromatic nitrogens is 1. The molecule has 6 heteroatoms. The Morgan fingerprint density at radius 1 is 1.32 bits per heavy atom. The Labute approximate surface area is 148 Å². The van der Waals surface area contributed by atoms with E-state index in [0.29, 0.717) is 29.9 Å². The number of urea groups is 1. The number of rotatable bonds is 6. The van der Waals surface area contributed by atoms with Crippen molar-refractivity contribution in [2.24, 2.45) is 0 Å². The Hall–Kier alpha value is -2.60. The van der Waals surface area contributed by atoms with Crippen molar-refractivity contribution in [3.63, 3.8) is 0 Å². The van der Waals surface area contributed by atoms with Gasteiger partial charge in [-0.05, 0) is 44.1 Å². The van der Waals surface area contributed by atoms with Gasteiger partial charge in [-0.2, -0.15) is 0 Å². The molecule has 0 saturated carbocycles. The van der Waals surface area contributed by atoms with Crippen LogP contribution in [0.4, 0.5) is 10.5 Å². The fourth-order valence-corrected chi connectivity index (χ4v) is 3.09. The second-order valence-corrected chi connectivity index (χ2v) is 6.06. The zero-order valence-corrected chi connectivity index (χ0v) is 14.4. The predicted molar refractivity (Wildman–Crippen MR) is 98.0 cm³/mol. The van der Waals surface area contributed by atoms with Gasteiger partial charge in [0.05, 0.1) is 0 Å². The van der Waals surface area contributed by atoms with E-state index in [1.165, 1.54) is 6.42 Å². The summed E-state index contributed by atoms with van der Waals surface area (Å²) in [6, 6.07) is 13.0. The second kappa shape index (κ2) is 8.48. The normalized spacial score (nSPS) is 17.2. The number of anilines is 1. The van der Waals surface area contributed by atoms with E-state index in [9.17, 15) is 4.79 Å². The number of likely N-dealkylation sites (N-methyl/N-ethyl adjacent to an activating group) is 1. The van der Waals surface area contributed by atoms with Crippen molar-refractivity contribution in [1.29, 1.82) is 0 Å². The Bertz CT molecular complexity index is 693. The number of hydrogen-bond acceptors (Lipinski definition) is 4. The third-order valence-corrected chi connectivity index (χ3v) is 4.36. The van der Waals surface area contributed by atoms with E-state index in [1.54, 1.807) is 18.3 Å². The number of pyridine rings is 1. The summed E-state index contributed by atoms with van der Waals surface area (Å²) in [4.78, 5) is 18.7. The van der Waals surface area contributed by atoms with Crippen LogP contribution in [0.15, 0.2) is 48.7 Å². The zero-order chi connectivity index (χ0) is 17.5. The van der Waals surface area contributed by atoms with Gasteiger partial charge in [-0.15, -0.1) is 0 Å². The monoisotopic (exact) mass is 340 g/mol. The molecule has 0 bridgehead atoms. The molecule has 1 saturated heterocycles. The van der Waals surface area contributed by atoms with Crippen LogP contribution in [-0.4, -0.2) is 41.6 Å². The highest BCUT2D eigenvalue weighted by molar-refractivity contribution is 5.89. The molecule has 1 atom stereocenters. The average Bonchev–Trinajstić information content (AvgIpc) is 3.09. The van der Waals surface area contributed by atoms with Crippen molar-refractivity contribution in [2.45, 2.75) is 25.8 Å². The van der Waals surface area contributed by atoms with E-state index in [-0.39, 0.29) is 6.03 Å². The van der Waals surface area contributed by atoms with Crippen LogP contribution in [0.3, 0.4) is 0 Å². The number of benzene rings is 1. The van der Waals surface area contributed by atoms with Crippen LogP contribution >= 0.6 is 0 Å². The molecule has 25 heavy (non-hydrogen) atoms. The van der Waals surface area contributed by atoms with Crippen molar-refractivity contribution in [2.75, 3.05) is 25.0 Å². The van der Waals surface area contributed by atoms with E-state index >= 15 is 0 Å². The summed E-state index contributed by atoms with van der Waals surface area (Å²) < 4.78 is 5.68. The minimum atomic E-state index is -0.196. The van der Waals surface area contributed by atoms with E-state index in [2.05, 4.69) is 27.4 Å². The Balaban J connectivity index is 1.52. The summed E-state index contributed by atoms with van der Waals surface area (Å²) in [7, 11) is 0. The van der Waals surface area contributed by atoms with Crippen LogP contribution in [0, 0.1) is 0 Å². The summed E-state index contributed by atoms with van der Waals surface area (Å²) >= 11 is 0. The minimum Gasteiger partial charge on any atom is -0.439 e. The molecule has 1 aliphatic rings. The van der Waals surface area contributed by atoms with Crippen LogP contribution in [0.25, 0.3) is 0 Å². The SMILES string of the molecule is CCN1CCCC1CNC(=O)Nc1cccc(Oc2ccccn2)c1. The first kappa shape index (κ1) is 17.2. The number of nitrogens with zero attached hydrogens (tertiary/aromatic N) is 2. The van der Waals surface area contributed by atoms with Gasteiger partial charge in [-0.1, -0.05) is 19.1 Å². The van der Waals surface area contributed by atoms with Gasteiger partial charge in [0.25, 0.3) is 0 Å². The quantitative estimate of drug-likeness (QED) is 0.845. The molecule has 3 rings (SSSR count).